The zero-order valence-electron chi connectivity index (χ0n) is 18.5. The number of piperazine rings is 1. The Morgan fingerprint density at radius 2 is 2.10 bits per heavy atom. The van der Waals surface area contributed by atoms with E-state index in [1.807, 2.05) is 6.92 Å². The highest BCUT2D eigenvalue weighted by Crippen LogP contribution is 2.33. The molecule has 0 radical (unpaired) electrons. The largest absolute Gasteiger partial charge is 0.378 e. The molecule has 1 N–H and O–H groups in total. The number of aryl methyl sites for hydroxylation is 1. The van der Waals surface area contributed by atoms with Crippen molar-refractivity contribution in [3.05, 3.63) is 39.7 Å². The number of nitrogens with one attached hydrogen (secondary N) is 1. The molecule has 166 valence electrons. The first-order valence-corrected chi connectivity index (χ1v) is 11.5. The number of hydrogen-bond donors (Lipinski definition) is 1. The number of thiazole rings is 1. The maximum Gasteiger partial charge on any atom is 0.186 e. The molecule has 1 fully saturated rings. The van der Waals surface area contributed by atoms with Crippen LogP contribution in [0.4, 0.5) is 5.13 Å². The molecule has 0 bridgehead atoms. The molecule has 0 aliphatic carbocycles. The molecule has 4 heterocycles. The summed E-state index contributed by atoms with van der Waals surface area (Å²) < 4.78 is 10.3. The first-order valence-electron chi connectivity index (χ1n) is 10.6. The minimum absolute atomic E-state index is 0.102. The van der Waals surface area contributed by atoms with Gasteiger partial charge in [0.2, 0.25) is 0 Å². The fourth-order valence-electron chi connectivity index (χ4n) is 4.25. The number of nitrogens with zero attached hydrogens (tertiary/aromatic N) is 4. The van der Waals surface area contributed by atoms with Gasteiger partial charge in [0.15, 0.2) is 10.9 Å². The summed E-state index contributed by atoms with van der Waals surface area (Å²) in [7, 11) is 1.67. The van der Waals surface area contributed by atoms with Crippen molar-refractivity contribution in [3.8, 4) is 11.4 Å². The van der Waals surface area contributed by atoms with Crippen molar-refractivity contribution < 1.29 is 14.1 Å². The van der Waals surface area contributed by atoms with Crippen LogP contribution in [0.15, 0.2) is 16.2 Å². The second-order valence-corrected chi connectivity index (χ2v) is 8.72. The predicted octanol–water partition coefficient (Wildman–Crippen LogP) is 3.67. The smallest absolute Gasteiger partial charge is 0.186 e. The summed E-state index contributed by atoms with van der Waals surface area (Å²) in [5.74, 6) is 0.102. The van der Waals surface area contributed by atoms with Gasteiger partial charge < -0.3 is 19.1 Å². The Morgan fingerprint density at radius 3 is 2.77 bits per heavy atom. The van der Waals surface area contributed by atoms with Crippen LogP contribution in [0.3, 0.4) is 0 Å². The number of rotatable bonds is 8. The van der Waals surface area contributed by atoms with Gasteiger partial charge in [0.05, 0.1) is 12.3 Å². The van der Waals surface area contributed by atoms with Gasteiger partial charge in [-0.05, 0) is 25.8 Å². The summed E-state index contributed by atoms with van der Waals surface area (Å²) in [5.41, 5.74) is 6.64. The molecule has 0 amide bonds. The van der Waals surface area contributed by atoms with Crippen molar-refractivity contribution in [2.75, 3.05) is 38.2 Å². The maximum atomic E-state index is 12.1. The molecule has 1 saturated heterocycles. The zero-order chi connectivity index (χ0) is 22.0. The lowest BCUT2D eigenvalue weighted by Gasteiger charge is -2.34. The topological polar surface area (TPSA) is 87.5 Å². The minimum Gasteiger partial charge on any atom is -0.378 e. The zero-order valence-corrected chi connectivity index (χ0v) is 19.3. The SMILES string of the molecule is CCc1c(-c2csc(N3CCN(Cc4conc4COC)CC3)n2)[nH]c(C)c1C(C)=O. The lowest BCUT2D eigenvalue weighted by Crippen LogP contribution is -2.46. The van der Waals surface area contributed by atoms with Gasteiger partial charge >= 0.3 is 0 Å². The molecule has 3 aromatic heterocycles. The number of ether oxygens (including phenoxy) is 1. The minimum atomic E-state index is 0.102. The van der Waals surface area contributed by atoms with Crippen LogP contribution in [0.2, 0.25) is 0 Å². The fourth-order valence-corrected chi connectivity index (χ4v) is 5.12. The monoisotopic (exact) mass is 443 g/mol. The quantitative estimate of drug-likeness (QED) is 0.532. The van der Waals surface area contributed by atoms with Gasteiger partial charge in [-0.15, -0.1) is 11.3 Å². The number of methoxy groups -OCH3 is 1. The molecular formula is C22H29N5O3S. The lowest BCUT2D eigenvalue weighted by atomic mass is 10.0. The van der Waals surface area contributed by atoms with Crippen molar-refractivity contribution in [2.45, 2.75) is 40.3 Å². The van der Waals surface area contributed by atoms with E-state index in [-0.39, 0.29) is 5.78 Å². The van der Waals surface area contributed by atoms with Gasteiger partial charge in [-0.1, -0.05) is 12.1 Å². The summed E-state index contributed by atoms with van der Waals surface area (Å²) in [4.78, 5) is 25.1. The number of carbonyl (C=O) groups excluding carboxylic acids is 1. The number of anilines is 1. The molecular weight excluding hydrogens is 414 g/mol. The Kier molecular flexibility index (Phi) is 6.54. The lowest BCUT2D eigenvalue weighted by molar-refractivity contribution is 0.101. The maximum absolute atomic E-state index is 12.1. The molecule has 0 unspecified atom stereocenters. The van der Waals surface area contributed by atoms with E-state index in [4.69, 9.17) is 14.2 Å². The Balaban J connectivity index is 1.43. The van der Waals surface area contributed by atoms with E-state index < -0.39 is 0 Å². The molecule has 31 heavy (non-hydrogen) atoms. The summed E-state index contributed by atoms with van der Waals surface area (Å²) in [6.45, 7) is 10.7. The second kappa shape index (κ2) is 9.33. The van der Waals surface area contributed by atoms with Crippen molar-refractivity contribution in [3.63, 3.8) is 0 Å². The van der Waals surface area contributed by atoms with Gasteiger partial charge in [-0.25, -0.2) is 4.98 Å². The average molecular weight is 444 g/mol. The number of ketones is 1. The Labute approximate surface area is 186 Å². The predicted molar refractivity (Wildman–Crippen MR) is 121 cm³/mol. The van der Waals surface area contributed by atoms with Gasteiger partial charge in [-0.3, -0.25) is 9.69 Å². The molecule has 0 spiro atoms. The van der Waals surface area contributed by atoms with Crippen LogP contribution in [-0.2, 0) is 24.3 Å². The van der Waals surface area contributed by atoms with E-state index in [1.54, 1.807) is 31.6 Å². The summed E-state index contributed by atoms with van der Waals surface area (Å²) in [6, 6.07) is 0. The molecule has 1 aliphatic heterocycles. The highest BCUT2D eigenvalue weighted by atomic mass is 32.1. The Bertz CT molecular complexity index is 1050. The van der Waals surface area contributed by atoms with E-state index in [9.17, 15) is 4.79 Å². The second-order valence-electron chi connectivity index (χ2n) is 7.89. The summed E-state index contributed by atoms with van der Waals surface area (Å²) >= 11 is 1.66. The number of aromatic amines is 1. The van der Waals surface area contributed by atoms with E-state index >= 15 is 0 Å². The van der Waals surface area contributed by atoms with Crippen LogP contribution in [-0.4, -0.2) is 59.1 Å². The van der Waals surface area contributed by atoms with Crippen LogP contribution in [0.25, 0.3) is 11.4 Å². The number of aromatic nitrogens is 3. The van der Waals surface area contributed by atoms with Crippen molar-refractivity contribution >= 4 is 22.3 Å². The molecule has 1 aliphatic rings. The third kappa shape index (κ3) is 4.44. The number of hydrogen-bond acceptors (Lipinski definition) is 8. The molecule has 0 saturated carbocycles. The normalized spacial score (nSPS) is 15.0. The Morgan fingerprint density at radius 1 is 1.32 bits per heavy atom. The molecule has 3 aromatic rings. The van der Waals surface area contributed by atoms with Crippen molar-refractivity contribution in [2.24, 2.45) is 0 Å². The number of H-pyrrole nitrogens is 1. The first-order chi connectivity index (χ1) is 15.0. The first kappa shape index (κ1) is 21.7. The Hall–Kier alpha value is -2.49. The summed E-state index contributed by atoms with van der Waals surface area (Å²) in [5, 5.41) is 7.14. The van der Waals surface area contributed by atoms with Gasteiger partial charge in [0.1, 0.15) is 17.7 Å². The van der Waals surface area contributed by atoms with Crippen LogP contribution < -0.4 is 4.90 Å². The third-order valence-electron chi connectivity index (χ3n) is 5.79. The molecule has 0 atom stereocenters. The average Bonchev–Trinajstić information content (AvgIpc) is 3.47. The highest BCUT2D eigenvalue weighted by Gasteiger charge is 2.23. The van der Waals surface area contributed by atoms with Crippen molar-refractivity contribution in [1.82, 2.24) is 20.0 Å². The number of Topliss-reactive ketones (excluding diaryl/α,β-unsaturated/α-hetero) is 1. The van der Waals surface area contributed by atoms with E-state index in [0.717, 1.165) is 83.7 Å². The standard InChI is InChI=1S/C22H29N5O3S/c1-5-17-20(15(3)28)14(2)23-21(17)19-13-31-22(24-19)27-8-6-26(7-9-27)10-16-11-30-25-18(16)12-29-4/h11,13,23H,5-10,12H2,1-4H3. The van der Waals surface area contributed by atoms with Gasteiger partial charge in [0, 0.05) is 62.0 Å². The van der Waals surface area contributed by atoms with Crippen LogP contribution >= 0.6 is 11.3 Å². The molecule has 9 heteroatoms. The van der Waals surface area contributed by atoms with Crippen LogP contribution in [0.5, 0.6) is 0 Å². The summed E-state index contributed by atoms with van der Waals surface area (Å²) in [6.07, 6.45) is 2.51. The third-order valence-corrected chi connectivity index (χ3v) is 6.69. The van der Waals surface area contributed by atoms with E-state index in [1.165, 1.54) is 0 Å². The van der Waals surface area contributed by atoms with Crippen molar-refractivity contribution in [1.29, 1.82) is 0 Å². The van der Waals surface area contributed by atoms with Gasteiger partial charge in [-0.2, -0.15) is 0 Å². The highest BCUT2D eigenvalue weighted by molar-refractivity contribution is 7.14. The number of carbonyl (C=O) groups is 1. The van der Waals surface area contributed by atoms with Crippen LogP contribution in [0.1, 0.15) is 46.7 Å². The van der Waals surface area contributed by atoms with Gasteiger partial charge in [0.25, 0.3) is 0 Å². The molecule has 4 rings (SSSR count). The molecule has 0 aromatic carbocycles. The fraction of sp³-hybridized carbons (Fsp3) is 0.500. The molecule has 8 nitrogen and oxygen atoms in total. The van der Waals surface area contributed by atoms with Crippen LogP contribution in [0, 0.1) is 6.92 Å². The van der Waals surface area contributed by atoms with E-state index in [0.29, 0.717) is 6.61 Å². The van der Waals surface area contributed by atoms with E-state index in [2.05, 4.69) is 32.2 Å².